The molecule has 2 aliphatic rings. The number of hydrogen-bond acceptors (Lipinski definition) is 6. The van der Waals surface area contributed by atoms with Gasteiger partial charge in [-0.2, -0.15) is 5.10 Å². The minimum atomic E-state index is -1.05. The fraction of sp³-hybridized carbons (Fsp3) is 0.182. The summed E-state index contributed by atoms with van der Waals surface area (Å²) in [4.78, 5) is 38.0. The molecule has 0 saturated heterocycles. The SMILES string of the molecule is C[C@]12CNC(=O)Nc3nc(-c4nn(Cc5ccccc5F)c5ncc(F)cc45)nc(c31)NC2=O. The molecule has 0 saturated carbocycles. The van der Waals surface area contributed by atoms with Crippen LogP contribution in [-0.2, 0) is 16.8 Å². The second-order valence-corrected chi connectivity index (χ2v) is 8.34. The van der Waals surface area contributed by atoms with Gasteiger partial charge in [0.1, 0.15) is 29.0 Å². The quantitative estimate of drug-likeness (QED) is 0.430. The number of nitrogens with one attached hydrogen (secondary N) is 3. The lowest BCUT2D eigenvalue weighted by Crippen LogP contribution is -2.42. The van der Waals surface area contributed by atoms with Crippen LogP contribution in [0.5, 0.6) is 0 Å². The van der Waals surface area contributed by atoms with Gasteiger partial charge in [-0.3, -0.25) is 10.1 Å². The van der Waals surface area contributed by atoms with E-state index in [0.717, 1.165) is 6.20 Å². The Hall–Kier alpha value is -4.48. The highest BCUT2D eigenvalue weighted by atomic mass is 19.1. The number of halogens is 2. The molecular weight excluding hydrogens is 446 g/mol. The largest absolute Gasteiger partial charge is 0.336 e. The molecule has 0 radical (unpaired) electrons. The average Bonchev–Trinajstić information content (AvgIpc) is 3.23. The lowest BCUT2D eigenvalue weighted by atomic mass is 9.85. The summed E-state index contributed by atoms with van der Waals surface area (Å²) in [5.74, 6) is -0.917. The van der Waals surface area contributed by atoms with Crippen molar-refractivity contribution in [3.63, 3.8) is 0 Å². The molecule has 3 N–H and O–H groups in total. The van der Waals surface area contributed by atoms with Crippen molar-refractivity contribution < 1.29 is 18.4 Å². The van der Waals surface area contributed by atoms with Crippen molar-refractivity contribution in [3.05, 3.63) is 59.3 Å². The third kappa shape index (κ3) is 2.91. The minimum absolute atomic E-state index is 0.0368. The van der Waals surface area contributed by atoms with E-state index >= 15 is 0 Å². The third-order valence-electron chi connectivity index (χ3n) is 6.07. The van der Waals surface area contributed by atoms with Crippen LogP contribution in [0.1, 0.15) is 18.1 Å². The Morgan fingerprint density at radius 3 is 2.68 bits per heavy atom. The number of urea groups is 1. The molecule has 3 amide bonds. The summed E-state index contributed by atoms with van der Waals surface area (Å²) in [5, 5.41) is 12.8. The summed E-state index contributed by atoms with van der Waals surface area (Å²) in [6, 6.07) is 6.95. The highest BCUT2D eigenvalue weighted by molar-refractivity contribution is 6.09. The van der Waals surface area contributed by atoms with Gasteiger partial charge in [0.15, 0.2) is 11.5 Å². The Labute approximate surface area is 190 Å². The van der Waals surface area contributed by atoms with E-state index in [1.807, 2.05) is 0 Å². The lowest BCUT2D eigenvalue weighted by molar-refractivity contribution is -0.120. The van der Waals surface area contributed by atoms with Gasteiger partial charge in [0, 0.05) is 12.1 Å². The summed E-state index contributed by atoms with van der Waals surface area (Å²) in [6.45, 7) is 1.80. The van der Waals surface area contributed by atoms with E-state index in [1.165, 1.54) is 16.8 Å². The molecule has 3 aromatic heterocycles. The number of rotatable bonds is 3. The van der Waals surface area contributed by atoms with Crippen molar-refractivity contribution >= 4 is 34.6 Å². The average molecular weight is 462 g/mol. The number of benzene rings is 1. The van der Waals surface area contributed by atoms with Crippen LogP contribution in [0.25, 0.3) is 22.6 Å². The zero-order chi connectivity index (χ0) is 23.6. The predicted octanol–water partition coefficient (Wildman–Crippen LogP) is 2.56. The third-order valence-corrected chi connectivity index (χ3v) is 6.07. The van der Waals surface area contributed by atoms with Gasteiger partial charge in [-0.25, -0.2) is 33.2 Å². The van der Waals surface area contributed by atoms with Crippen LogP contribution in [0.3, 0.4) is 0 Å². The zero-order valence-corrected chi connectivity index (χ0v) is 17.7. The van der Waals surface area contributed by atoms with Gasteiger partial charge in [-0.15, -0.1) is 0 Å². The fourth-order valence-electron chi connectivity index (χ4n) is 4.30. The number of aromatic nitrogens is 5. The normalized spacial score (nSPS) is 18.8. The Morgan fingerprint density at radius 1 is 1.12 bits per heavy atom. The number of amides is 3. The first-order valence-electron chi connectivity index (χ1n) is 10.4. The molecule has 34 heavy (non-hydrogen) atoms. The Morgan fingerprint density at radius 2 is 1.88 bits per heavy atom. The summed E-state index contributed by atoms with van der Waals surface area (Å²) >= 11 is 0. The number of pyridine rings is 1. The Balaban J connectivity index is 1.55. The van der Waals surface area contributed by atoms with Crippen LogP contribution in [0.15, 0.2) is 36.5 Å². The van der Waals surface area contributed by atoms with E-state index < -0.39 is 23.1 Å². The maximum Gasteiger partial charge on any atom is 0.320 e. The van der Waals surface area contributed by atoms with Gasteiger partial charge in [-0.1, -0.05) is 18.2 Å². The number of carbonyl (C=O) groups excluding carboxylic acids is 2. The molecule has 6 rings (SSSR count). The van der Waals surface area contributed by atoms with Crippen molar-refractivity contribution in [1.29, 1.82) is 0 Å². The van der Waals surface area contributed by atoms with Crippen LogP contribution in [0.2, 0.25) is 0 Å². The van der Waals surface area contributed by atoms with E-state index in [9.17, 15) is 18.4 Å². The molecule has 5 heterocycles. The molecule has 0 aliphatic carbocycles. The van der Waals surface area contributed by atoms with Gasteiger partial charge in [0.25, 0.3) is 0 Å². The molecule has 12 heteroatoms. The maximum absolute atomic E-state index is 14.3. The minimum Gasteiger partial charge on any atom is -0.336 e. The van der Waals surface area contributed by atoms with Crippen molar-refractivity contribution in [1.82, 2.24) is 30.0 Å². The van der Waals surface area contributed by atoms with Gasteiger partial charge >= 0.3 is 6.03 Å². The van der Waals surface area contributed by atoms with Crippen molar-refractivity contribution in [2.75, 3.05) is 17.2 Å². The second-order valence-electron chi connectivity index (χ2n) is 8.34. The number of anilines is 2. The van der Waals surface area contributed by atoms with E-state index in [4.69, 9.17) is 0 Å². The van der Waals surface area contributed by atoms with E-state index in [-0.39, 0.29) is 42.2 Å². The predicted molar refractivity (Wildman–Crippen MR) is 117 cm³/mol. The molecular formula is C22H16F2N8O2. The van der Waals surface area contributed by atoms with Gasteiger partial charge < -0.3 is 10.6 Å². The summed E-state index contributed by atoms with van der Waals surface area (Å²) in [5.41, 5.74) is 0.245. The summed E-state index contributed by atoms with van der Waals surface area (Å²) in [7, 11) is 0. The molecule has 0 unspecified atom stereocenters. The smallest absolute Gasteiger partial charge is 0.320 e. The topological polar surface area (TPSA) is 127 Å². The summed E-state index contributed by atoms with van der Waals surface area (Å²) in [6.07, 6.45) is 1.04. The van der Waals surface area contributed by atoms with Gasteiger partial charge in [-0.05, 0) is 19.1 Å². The first-order valence-corrected chi connectivity index (χ1v) is 10.4. The molecule has 0 spiro atoms. The van der Waals surface area contributed by atoms with Crippen LogP contribution in [0.4, 0.5) is 25.2 Å². The highest BCUT2D eigenvalue weighted by Gasteiger charge is 2.48. The van der Waals surface area contributed by atoms with Gasteiger partial charge in [0.05, 0.1) is 29.1 Å². The Bertz CT molecular complexity index is 1540. The summed E-state index contributed by atoms with van der Waals surface area (Å²) < 4.78 is 29.8. The Kier molecular flexibility index (Phi) is 4.15. The van der Waals surface area contributed by atoms with Crippen LogP contribution < -0.4 is 16.0 Å². The molecule has 0 bridgehead atoms. The first kappa shape index (κ1) is 20.1. The van der Waals surface area contributed by atoms with Crippen LogP contribution in [-0.4, -0.2) is 43.2 Å². The van der Waals surface area contributed by atoms with E-state index in [1.54, 1.807) is 25.1 Å². The second kappa shape index (κ2) is 7.01. The first-order chi connectivity index (χ1) is 16.3. The zero-order valence-electron chi connectivity index (χ0n) is 17.7. The molecule has 4 aromatic rings. The molecule has 1 aromatic carbocycles. The number of hydrogen-bond donors (Lipinski definition) is 3. The number of fused-ring (bicyclic) bond motifs is 1. The maximum atomic E-state index is 14.3. The van der Waals surface area contributed by atoms with Crippen molar-refractivity contribution in [2.24, 2.45) is 0 Å². The molecule has 0 fully saturated rings. The van der Waals surface area contributed by atoms with Crippen molar-refractivity contribution in [2.45, 2.75) is 18.9 Å². The number of carbonyl (C=O) groups is 2. The number of nitrogens with zero attached hydrogens (tertiary/aromatic N) is 5. The van der Waals surface area contributed by atoms with Gasteiger partial charge in [0.2, 0.25) is 5.91 Å². The van der Waals surface area contributed by atoms with Crippen LogP contribution >= 0.6 is 0 Å². The van der Waals surface area contributed by atoms with E-state index in [0.29, 0.717) is 22.2 Å². The highest BCUT2D eigenvalue weighted by Crippen LogP contribution is 2.42. The standard InChI is InChI=1S/C22H16F2N8O2/c1-22-9-26-21(34)30-17-14(22)16(29-20(22)33)27-18(28-17)15-12-6-11(23)7-25-19(12)32(31-15)8-10-4-2-3-5-13(10)24/h2-7H,8-9H2,1H3,(H3,26,27,28,29,30,33,34)/t22-/m0/s1. The molecule has 1 atom stereocenters. The molecule has 10 nitrogen and oxygen atoms in total. The molecule has 2 aliphatic heterocycles. The van der Waals surface area contributed by atoms with Crippen molar-refractivity contribution in [3.8, 4) is 11.5 Å². The molecule has 170 valence electrons. The monoisotopic (exact) mass is 462 g/mol. The lowest BCUT2D eigenvalue weighted by Gasteiger charge is -2.19. The van der Waals surface area contributed by atoms with Crippen LogP contribution in [0, 0.1) is 11.6 Å². The fourth-order valence-corrected chi connectivity index (χ4v) is 4.30. The van der Waals surface area contributed by atoms with E-state index in [2.05, 4.69) is 36.0 Å².